The summed E-state index contributed by atoms with van der Waals surface area (Å²) in [6.45, 7) is 1.44. The van der Waals surface area contributed by atoms with Crippen molar-refractivity contribution < 1.29 is 41.3 Å². The predicted octanol–water partition coefficient (Wildman–Crippen LogP) is 1.78. The van der Waals surface area contributed by atoms with Gasteiger partial charge >= 0.3 is 6.36 Å². The van der Waals surface area contributed by atoms with E-state index in [2.05, 4.69) is 4.74 Å². The van der Waals surface area contributed by atoms with Crippen LogP contribution in [0.3, 0.4) is 0 Å². The van der Waals surface area contributed by atoms with E-state index in [0.29, 0.717) is 0 Å². The number of Topliss-reactive ketones (excluding diaryl/α,β-unsaturated/α-hetero) is 1. The summed E-state index contributed by atoms with van der Waals surface area (Å²) in [6, 6.07) is 0. The molecule has 3 aliphatic rings. The van der Waals surface area contributed by atoms with Gasteiger partial charge in [-0.3, -0.25) is 9.53 Å². The molecule has 9 heteroatoms. The van der Waals surface area contributed by atoms with E-state index in [1.807, 2.05) is 0 Å². The van der Waals surface area contributed by atoms with Gasteiger partial charge in [-0.2, -0.15) is 0 Å². The molecule has 1 spiro atoms. The average molecular weight is 342 g/mol. The number of alkyl halides is 4. The monoisotopic (exact) mass is 342 g/mol. The van der Waals surface area contributed by atoms with Crippen LogP contribution in [0.4, 0.5) is 17.6 Å². The third-order valence-corrected chi connectivity index (χ3v) is 4.99. The molecule has 0 aromatic rings. The summed E-state index contributed by atoms with van der Waals surface area (Å²) >= 11 is 0. The van der Waals surface area contributed by atoms with Gasteiger partial charge in [-0.25, -0.2) is 4.39 Å². The number of halogens is 4. The lowest BCUT2D eigenvalue weighted by Crippen LogP contribution is -2.56. The van der Waals surface area contributed by atoms with E-state index in [1.54, 1.807) is 6.92 Å². The maximum absolute atomic E-state index is 13.9. The molecular weight excluding hydrogens is 324 g/mol. The number of rotatable bonds is 5. The lowest BCUT2D eigenvalue weighted by Gasteiger charge is -2.38. The second kappa shape index (κ2) is 5.37. The number of carbonyl (C=O) groups excluding carboxylic acids is 1. The van der Waals surface area contributed by atoms with E-state index in [0.717, 1.165) is 0 Å². The van der Waals surface area contributed by atoms with Crippen molar-refractivity contribution >= 4 is 5.78 Å². The Labute approximate surface area is 130 Å². The van der Waals surface area contributed by atoms with Crippen molar-refractivity contribution in [1.29, 1.82) is 0 Å². The highest BCUT2D eigenvalue weighted by Gasteiger charge is 2.73. The maximum atomic E-state index is 13.9. The van der Waals surface area contributed by atoms with Gasteiger partial charge in [-0.05, 0) is 6.92 Å². The van der Waals surface area contributed by atoms with Gasteiger partial charge in [0.2, 0.25) is 0 Å². The fraction of sp³-hybridized carbons (Fsp3) is 0.929. The first-order valence-corrected chi connectivity index (χ1v) is 7.36. The Balaban J connectivity index is 1.69. The lowest BCUT2D eigenvalue weighted by atomic mass is 9.68. The first-order chi connectivity index (χ1) is 10.6. The summed E-state index contributed by atoms with van der Waals surface area (Å²) < 4.78 is 69.9. The van der Waals surface area contributed by atoms with Crippen LogP contribution in [-0.2, 0) is 23.7 Å². The Kier molecular flexibility index (Phi) is 3.98. The van der Waals surface area contributed by atoms with E-state index < -0.39 is 54.3 Å². The van der Waals surface area contributed by atoms with Crippen molar-refractivity contribution in [2.75, 3.05) is 20.3 Å². The molecule has 23 heavy (non-hydrogen) atoms. The fourth-order valence-electron chi connectivity index (χ4n) is 3.79. The first kappa shape index (κ1) is 17.1. The molecule has 132 valence electrons. The quantitative estimate of drug-likeness (QED) is 0.563. The maximum Gasteiger partial charge on any atom is 0.522 e. The van der Waals surface area contributed by atoms with Crippen LogP contribution in [0.15, 0.2) is 0 Å². The smallest absolute Gasteiger partial charge is 0.373 e. The lowest BCUT2D eigenvalue weighted by molar-refractivity contribution is -0.324. The zero-order chi connectivity index (χ0) is 17.0. The molecule has 2 heterocycles. The Morgan fingerprint density at radius 1 is 1.39 bits per heavy atom. The van der Waals surface area contributed by atoms with Crippen LogP contribution >= 0.6 is 0 Å². The molecule has 2 saturated heterocycles. The molecule has 0 radical (unpaired) electrons. The highest BCUT2D eigenvalue weighted by molar-refractivity contribution is 5.89. The largest absolute Gasteiger partial charge is 0.522 e. The van der Waals surface area contributed by atoms with Crippen LogP contribution < -0.4 is 0 Å². The molecule has 0 aromatic carbocycles. The summed E-state index contributed by atoms with van der Waals surface area (Å²) in [5.74, 6) is -1.21. The summed E-state index contributed by atoms with van der Waals surface area (Å²) in [5, 5.41) is 0. The number of hydrogen-bond donors (Lipinski definition) is 0. The molecule has 1 aliphatic carbocycles. The standard InChI is InChI=1S/C14H18F4O5/c1-12(8(23-12)3-4-21-14(16,17)18)11-10(20-2)9(19)7(15)5-13(11)6-22-13/h7-8,10-11H,3-6H2,1-2H3/t7-,8+,10+,11+,12-,13-/m0/s1. The molecule has 0 unspecified atom stereocenters. The molecule has 3 rings (SSSR count). The molecule has 0 aromatic heterocycles. The van der Waals surface area contributed by atoms with Gasteiger partial charge in [0.1, 0.15) is 17.3 Å². The molecule has 0 N–H and O–H groups in total. The number of carbonyl (C=O) groups is 1. The van der Waals surface area contributed by atoms with Crippen LogP contribution in [0.5, 0.6) is 0 Å². The van der Waals surface area contributed by atoms with Gasteiger partial charge in [-0.1, -0.05) is 0 Å². The Hall–Kier alpha value is -0.770. The van der Waals surface area contributed by atoms with Crippen molar-refractivity contribution in [2.45, 2.75) is 55.7 Å². The number of hydrogen-bond acceptors (Lipinski definition) is 5. The molecule has 0 bridgehead atoms. The molecular formula is C14H18F4O5. The van der Waals surface area contributed by atoms with E-state index in [4.69, 9.17) is 14.2 Å². The van der Waals surface area contributed by atoms with Crippen LogP contribution in [-0.4, -0.2) is 62.1 Å². The topological polar surface area (TPSA) is 60.6 Å². The van der Waals surface area contributed by atoms with Crippen molar-refractivity contribution in [1.82, 2.24) is 0 Å². The highest BCUT2D eigenvalue weighted by atomic mass is 19.4. The first-order valence-electron chi connectivity index (χ1n) is 7.36. The summed E-state index contributed by atoms with van der Waals surface area (Å²) in [6.07, 6.45) is -7.94. The zero-order valence-electron chi connectivity index (χ0n) is 12.7. The van der Waals surface area contributed by atoms with Crippen molar-refractivity contribution in [3.8, 4) is 0 Å². The van der Waals surface area contributed by atoms with E-state index in [9.17, 15) is 22.4 Å². The normalized spacial score (nSPS) is 46.3. The molecule has 6 atom stereocenters. The number of methoxy groups -OCH3 is 1. The minimum Gasteiger partial charge on any atom is -0.373 e. The Morgan fingerprint density at radius 3 is 2.57 bits per heavy atom. The van der Waals surface area contributed by atoms with E-state index in [1.165, 1.54) is 7.11 Å². The Bertz CT molecular complexity index is 492. The van der Waals surface area contributed by atoms with E-state index in [-0.39, 0.29) is 19.4 Å². The minimum atomic E-state index is -4.69. The van der Waals surface area contributed by atoms with Gasteiger partial charge in [-0.15, -0.1) is 13.2 Å². The van der Waals surface area contributed by atoms with Gasteiger partial charge in [0.25, 0.3) is 0 Å². The fourth-order valence-corrected chi connectivity index (χ4v) is 3.79. The number of ketones is 1. The summed E-state index contributed by atoms with van der Waals surface area (Å²) in [4.78, 5) is 12.0. The summed E-state index contributed by atoms with van der Waals surface area (Å²) in [5.41, 5.74) is -1.72. The molecule has 1 saturated carbocycles. The second-order valence-corrected chi connectivity index (χ2v) is 6.43. The average Bonchev–Trinajstić information content (AvgIpc) is 3.32. The minimum absolute atomic E-state index is 0.0201. The molecule has 3 fully saturated rings. The van der Waals surface area contributed by atoms with Crippen molar-refractivity contribution in [3.05, 3.63) is 0 Å². The van der Waals surface area contributed by atoms with Crippen molar-refractivity contribution in [2.24, 2.45) is 5.92 Å². The van der Waals surface area contributed by atoms with Crippen LogP contribution in [0.2, 0.25) is 0 Å². The van der Waals surface area contributed by atoms with Crippen LogP contribution in [0.25, 0.3) is 0 Å². The van der Waals surface area contributed by atoms with Crippen LogP contribution in [0, 0.1) is 5.92 Å². The Morgan fingerprint density at radius 2 is 2.04 bits per heavy atom. The zero-order valence-corrected chi connectivity index (χ0v) is 12.7. The van der Waals surface area contributed by atoms with E-state index >= 15 is 0 Å². The van der Waals surface area contributed by atoms with Crippen molar-refractivity contribution in [3.63, 3.8) is 0 Å². The molecule has 5 nitrogen and oxygen atoms in total. The molecule has 2 aliphatic heterocycles. The summed E-state index contributed by atoms with van der Waals surface area (Å²) in [7, 11) is 1.30. The highest BCUT2D eigenvalue weighted by Crippen LogP contribution is 2.58. The SMILES string of the molecule is CO[C@@H]1C(=O)[C@@H](F)C[C@]2(CO2)[C@H]1[C@@]1(C)O[C@@H]1CCOC(F)(F)F. The van der Waals surface area contributed by atoms with Gasteiger partial charge in [0.05, 0.1) is 25.2 Å². The third-order valence-electron chi connectivity index (χ3n) is 4.99. The predicted molar refractivity (Wildman–Crippen MR) is 67.4 cm³/mol. The van der Waals surface area contributed by atoms with Crippen LogP contribution in [0.1, 0.15) is 19.8 Å². The van der Waals surface area contributed by atoms with Gasteiger partial charge in [0, 0.05) is 20.0 Å². The van der Waals surface area contributed by atoms with Gasteiger partial charge < -0.3 is 14.2 Å². The second-order valence-electron chi connectivity index (χ2n) is 6.43. The third kappa shape index (κ3) is 2.99. The molecule has 0 amide bonds. The van der Waals surface area contributed by atoms with Gasteiger partial charge in [0.15, 0.2) is 12.0 Å². The number of ether oxygens (including phenoxy) is 4. The number of epoxide rings is 2.